The fourth-order valence-corrected chi connectivity index (χ4v) is 1.37. The molecule has 0 fully saturated rings. The monoisotopic (exact) mass is 249 g/mol. The van der Waals surface area contributed by atoms with Crippen LogP contribution < -0.4 is 10.9 Å². The van der Waals surface area contributed by atoms with Crippen LogP contribution in [0.2, 0.25) is 0 Å². The molecule has 1 aromatic heterocycles. The first-order chi connectivity index (χ1) is 8.65. The Morgan fingerprint density at radius 3 is 2.72 bits per heavy atom. The van der Waals surface area contributed by atoms with Crippen molar-refractivity contribution in [3.8, 4) is 0 Å². The number of hydrogen-bond acceptors (Lipinski definition) is 4. The fraction of sp³-hybridized carbons (Fsp3) is 0.167. The van der Waals surface area contributed by atoms with Crippen LogP contribution in [-0.4, -0.2) is 11.1 Å². The number of aromatic nitrogens is 1. The minimum Gasteiger partial charge on any atom is -0.361 e. The summed E-state index contributed by atoms with van der Waals surface area (Å²) >= 11 is 0. The van der Waals surface area contributed by atoms with Crippen molar-refractivity contribution >= 4 is 5.91 Å². The molecule has 1 heterocycles. The van der Waals surface area contributed by atoms with Gasteiger partial charge in [-0.3, -0.25) is 10.2 Å². The van der Waals surface area contributed by atoms with E-state index in [0.29, 0.717) is 12.3 Å². The Kier molecular flexibility index (Phi) is 3.69. The van der Waals surface area contributed by atoms with Gasteiger partial charge in [-0.1, -0.05) is 17.3 Å². The van der Waals surface area contributed by atoms with E-state index in [2.05, 4.69) is 16.0 Å². The van der Waals surface area contributed by atoms with Crippen LogP contribution in [0.1, 0.15) is 21.8 Å². The molecule has 94 valence electrons. The van der Waals surface area contributed by atoms with Crippen molar-refractivity contribution in [2.75, 3.05) is 0 Å². The van der Waals surface area contributed by atoms with E-state index in [1.165, 1.54) is 18.2 Å². The number of carbonyl (C=O) groups is 1. The van der Waals surface area contributed by atoms with E-state index in [0.717, 1.165) is 5.56 Å². The number of carbonyl (C=O) groups excluding carboxylic acids is 1. The summed E-state index contributed by atoms with van der Waals surface area (Å²) in [6.07, 6.45) is 0. The van der Waals surface area contributed by atoms with Crippen molar-refractivity contribution in [2.24, 2.45) is 0 Å². The Labute approximate surface area is 103 Å². The Bertz CT molecular complexity index is 537. The quantitative estimate of drug-likeness (QED) is 0.807. The highest BCUT2D eigenvalue weighted by Gasteiger charge is 2.09. The highest BCUT2D eigenvalue weighted by molar-refractivity contribution is 5.91. The first kappa shape index (κ1) is 12.3. The van der Waals surface area contributed by atoms with Gasteiger partial charge >= 0.3 is 0 Å². The molecule has 1 amide bonds. The SMILES string of the molecule is Cc1cc(C(=O)NNCc2ccc(F)cc2)no1. The average molecular weight is 249 g/mol. The van der Waals surface area contributed by atoms with Gasteiger partial charge in [-0.25, -0.2) is 9.82 Å². The second-order valence-corrected chi connectivity index (χ2v) is 3.76. The third-order valence-electron chi connectivity index (χ3n) is 2.27. The first-order valence-corrected chi connectivity index (χ1v) is 5.36. The summed E-state index contributed by atoms with van der Waals surface area (Å²) in [6, 6.07) is 7.53. The maximum absolute atomic E-state index is 12.7. The molecule has 0 aliphatic rings. The molecule has 18 heavy (non-hydrogen) atoms. The number of hydrazine groups is 1. The zero-order valence-electron chi connectivity index (χ0n) is 9.74. The van der Waals surface area contributed by atoms with E-state index in [1.54, 1.807) is 19.1 Å². The normalized spacial score (nSPS) is 10.3. The van der Waals surface area contributed by atoms with Crippen molar-refractivity contribution in [1.82, 2.24) is 16.0 Å². The third-order valence-corrected chi connectivity index (χ3v) is 2.27. The number of nitrogens with zero attached hydrogens (tertiary/aromatic N) is 1. The Morgan fingerprint density at radius 2 is 2.11 bits per heavy atom. The predicted octanol–water partition coefficient (Wildman–Crippen LogP) is 1.56. The van der Waals surface area contributed by atoms with E-state index in [1.807, 2.05) is 0 Å². The summed E-state index contributed by atoms with van der Waals surface area (Å²) in [4.78, 5) is 11.5. The summed E-state index contributed by atoms with van der Waals surface area (Å²) in [7, 11) is 0. The van der Waals surface area contributed by atoms with Crippen LogP contribution in [-0.2, 0) is 6.54 Å². The Hall–Kier alpha value is -2.21. The highest BCUT2D eigenvalue weighted by atomic mass is 19.1. The lowest BCUT2D eigenvalue weighted by Crippen LogP contribution is -2.36. The molecule has 0 aliphatic heterocycles. The van der Waals surface area contributed by atoms with Gasteiger partial charge < -0.3 is 4.52 Å². The zero-order chi connectivity index (χ0) is 13.0. The van der Waals surface area contributed by atoms with Gasteiger partial charge in [-0.15, -0.1) is 0 Å². The molecule has 0 unspecified atom stereocenters. The van der Waals surface area contributed by atoms with Gasteiger partial charge in [-0.05, 0) is 24.6 Å². The molecule has 0 aliphatic carbocycles. The molecule has 2 N–H and O–H groups in total. The lowest BCUT2D eigenvalue weighted by atomic mass is 10.2. The molecule has 0 saturated carbocycles. The molecule has 2 aromatic rings. The number of halogens is 1. The number of benzene rings is 1. The maximum atomic E-state index is 12.7. The molecule has 2 rings (SSSR count). The van der Waals surface area contributed by atoms with E-state index in [-0.39, 0.29) is 17.4 Å². The minimum atomic E-state index is -0.381. The second kappa shape index (κ2) is 5.42. The fourth-order valence-electron chi connectivity index (χ4n) is 1.37. The van der Waals surface area contributed by atoms with Crippen LogP contribution in [0, 0.1) is 12.7 Å². The highest BCUT2D eigenvalue weighted by Crippen LogP contribution is 2.02. The maximum Gasteiger partial charge on any atom is 0.287 e. The van der Waals surface area contributed by atoms with Crippen molar-refractivity contribution in [1.29, 1.82) is 0 Å². The summed E-state index contributed by atoms with van der Waals surface area (Å²) in [6.45, 7) is 2.10. The van der Waals surface area contributed by atoms with Crippen molar-refractivity contribution in [3.05, 3.63) is 53.2 Å². The third kappa shape index (κ3) is 3.14. The van der Waals surface area contributed by atoms with Crippen LogP contribution in [0.5, 0.6) is 0 Å². The summed E-state index contributed by atoms with van der Waals surface area (Å²) in [5.41, 5.74) is 6.26. The lowest BCUT2D eigenvalue weighted by Gasteiger charge is -2.05. The number of hydrogen-bond donors (Lipinski definition) is 2. The van der Waals surface area contributed by atoms with Gasteiger partial charge in [0.05, 0.1) is 0 Å². The predicted molar refractivity (Wildman–Crippen MR) is 61.9 cm³/mol. The number of aryl methyl sites for hydroxylation is 1. The molecular formula is C12H12FN3O2. The smallest absolute Gasteiger partial charge is 0.287 e. The topological polar surface area (TPSA) is 67.2 Å². The summed E-state index contributed by atoms with van der Waals surface area (Å²) in [5.74, 6) is -0.103. The molecular weight excluding hydrogens is 237 g/mol. The van der Waals surface area contributed by atoms with Crippen LogP contribution >= 0.6 is 0 Å². The number of nitrogens with one attached hydrogen (secondary N) is 2. The molecule has 0 spiro atoms. The van der Waals surface area contributed by atoms with Crippen molar-refractivity contribution < 1.29 is 13.7 Å². The number of amides is 1. The zero-order valence-corrected chi connectivity index (χ0v) is 9.74. The van der Waals surface area contributed by atoms with Gasteiger partial charge in [0.1, 0.15) is 11.6 Å². The second-order valence-electron chi connectivity index (χ2n) is 3.76. The molecule has 0 bridgehead atoms. The van der Waals surface area contributed by atoms with Gasteiger partial charge in [-0.2, -0.15) is 0 Å². The van der Waals surface area contributed by atoms with Gasteiger partial charge in [0.15, 0.2) is 5.69 Å². The van der Waals surface area contributed by atoms with E-state index >= 15 is 0 Å². The molecule has 0 saturated heterocycles. The first-order valence-electron chi connectivity index (χ1n) is 5.36. The minimum absolute atomic E-state index is 0.208. The summed E-state index contributed by atoms with van der Waals surface area (Å²) in [5, 5.41) is 3.58. The largest absolute Gasteiger partial charge is 0.361 e. The van der Waals surface area contributed by atoms with E-state index < -0.39 is 0 Å². The molecule has 6 heteroatoms. The molecule has 0 radical (unpaired) electrons. The van der Waals surface area contributed by atoms with Crippen LogP contribution in [0.25, 0.3) is 0 Å². The van der Waals surface area contributed by atoms with Crippen LogP contribution in [0.4, 0.5) is 4.39 Å². The average Bonchev–Trinajstić information content (AvgIpc) is 2.78. The van der Waals surface area contributed by atoms with E-state index in [4.69, 9.17) is 4.52 Å². The Balaban J connectivity index is 1.82. The standard InChI is InChI=1S/C12H12FN3O2/c1-8-6-11(16-18-8)12(17)15-14-7-9-2-4-10(13)5-3-9/h2-6,14H,7H2,1H3,(H,15,17). The Morgan fingerprint density at radius 1 is 1.39 bits per heavy atom. The van der Waals surface area contributed by atoms with Crippen LogP contribution in [0.15, 0.2) is 34.9 Å². The van der Waals surface area contributed by atoms with Crippen molar-refractivity contribution in [2.45, 2.75) is 13.5 Å². The van der Waals surface area contributed by atoms with Gasteiger partial charge in [0.2, 0.25) is 0 Å². The molecule has 0 atom stereocenters. The lowest BCUT2D eigenvalue weighted by molar-refractivity contribution is 0.0923. The number of rotatable bonds is 4. The molecule has 1 aromatic carbocycles. The van der Waals surface area contributed by atoms with E-state index in [9.17, 15) is 9.18 Å². The van der Waals surface area contributed by atoms with Gasteiger partial charge in [0, 0.05) is 12.6 Å². The van der Waals surface area contributed by atoms with Crippen molar-refractivity contribution in [3.63, 3.8) is 0 Å². The van der Waals surface area contributed by atoms with Gasteiger partial charge in [0.25, 0.3) is 5.91 Å². The summed E-state index contributed by atoms with van der Waals surface area (Å²) < 4.78 is 17.4. The molecule has 5 nitrogen and oxygen atoms in total. The van der Waals surface area contributed by atoms with Crippen LogP contribution in [0.3, 0.4) is 0 Å².